The Morgan fingerprint density at radius 2 is 1.64 bits per heavy atom. The number of carbonyl (C=O) groups excluding carboxylic acids is 2. The number of aromatic amines is 1. The molecule has 3 aliphatic heterocycles. The zero-order chi connectivity index (χ0) is 41.5. The van der Waals surface area contributed by atoms with Crippen molar-refractivity contribution in [1.29, 1.82) is 0 Å². The summed E-state index contributed by atoms with van der Waals surface area (Å²) in [7, 11) is 0. The second kappa shape index (κ2) is 19.4. The molecule has 1 aromatic heterocycles. The number of nitrogens with one attached hydrogen (secondary N) is 2. The number of nitrogens with zero attached hydrogens (tertiary/aromatic N) is 2. The number of amides is 2. The number of aryl methyl sites for hydroxylation is 1. The lowest BCUT2D eigenvalue weighted by molar-refractivity contribution is -0.232. The Morgan fingerprint density at radius 3 is 2.28 bits per heavy atom. The molecule has 0 saturated carbocycles. The predicted octanol–water partition coefficient (Wildman–Crippen LogP) is 0.732. The van der Waals surface area contributed by atoms with E-state index < -0.39 is 78.3 Å². The Balaban J connectivity index is 1.01. The minimum Gasteiger partial charge on any atom is -0.490 e. The Labute approximate surface area is 335 Å². The van der Waals surface area contributed by atoms with Gasteiger partial charge in [-0.25, -0.2) is 4.79 Å². The van der Waals surface area contributed by atoms with Crippen molar-refractivity contribution >= 4 is 17.5 Å². The molecule has 2 amide bonds. The Kier molecular flexibility index (Phi) is 14.4. The molecule has 0 bridgehead atoms. The quantitative estimate of drug-likeness (QED) is 0.0932. The molecule has 0 spiro atoms. The first-order valence-electron chi connectivity index (χ1n) is 20.0. The predicted molar refractivity (Wildman–Crippen MR) is 210 cm³/mol. The van der Waals surface area contributed by atoms with Crippen LogP contribution in [0.2, 0.25) is 0 Å². The number of carbonyl (C=O) groups is 2. The number of nitrogens with two attached hydrogens (primary N) is 1. The standard InChI is InChI=1S/C41H55N5O12/c1-3-29-32(49)35(52)40(56-29)58-36(37-33(50)34(51)39(57-37)46-21-18-31(48)44-41(46)54)28(38(42)53)6-4-5-7-30(47)43-22-24-10-12-25(13-11-24)45-19-16-27(17-20-45)55-26-14-8-23(2)9-15-26/h8-15,18,21,27-29,32-37,39-40,49-52H,3-7,16-17,19-20,22H2,1-2H3,(H2,42,53)(H,43,47)(H,44,48,54). The van der Waals surface area contributed by atoms with E-state index in [-0.39, 0.29) is 24.9 Å². The van der Waals surface area contributed by atoms with Crippen LogP contribution in [0.15, 0.2) is 70.4 Å². The van der Waals surface area contributed by atoms with Gasteiger partial charge < -0.3 is 55.3 Å². The third kappa shape index (κ3) is 10.3. The van der Waals surface area contributed by atoms with Gasteiger partial charge in [0, 0.05) is 56.8 Å². The van der Waals surface area contributed by atoms with Crippen molar-refractivity contribution in [2.24, 2.45) is 11.7 Å². The van der Waals surface area contributed by atoms with Gasteiger partial charge in [-0.1, -0.05) is 43.2 Å². The van der Waals surface area contributed by atoms with Gasteiger partial charge in [-0.2, -0.15) is 0 Å². The van der Waals surface area contributed by atoms with E-state index in [1.165, 1.54) is 5.56 Å². The van der Waals surface area contributed by atoms with Crippen LogP contribution in [0.1, 0.15) is 69.2 Å². The first-order chi connectivity index (χ1) is 27.8. The largest absolute Gasteiger partial charge is 0.490 e. The zero-order valence-electron chi connectivity index (χ0n) is 32.7. The minimum atomic E-state index is -1.72. The summed E-state index contributed by atoms with van der Waals surface area (Å²) in [6, 6.07) is 17.2. The maximum atomic E-state index is 13.0. The third-order valence-corrected chi connectivity index (χ3v) is 11.2. The van der Waals surface area contributed by atoms with E-state index >= 15 is 0 Å². The molecule has 10 unspecified atom stereocenters. The number of rotatable bonds is 17. The molecule has 4 heterocycles. The van der Waals surface area contributed by atoms with Crippen molar-refractivity contribution in [2.45, 2.75) is 127 Å². The van der Waals surface area contributed by atoms with Crippen molar-refractivity contribution in [3.8, 4) is 5.75 Å². The van der Waals surface area contributed by atoms with Gasteiger partial charge in [0.2, 0.25) is 11.8 Å². The summed E-state index contributed by atoms with van der Waals surface area (Å²) < 4.78 is 24.8. The van der Waals surface area contributed by atoms with Crippen LogP contribution in [0, 0.1) is 12.8 Å². The molecular formula is C41H55N5O12. The second-order valence-electron chi connectivity index (χ2n) is 15.3. The van der Waals surface area contributed by atoms with Crippen LogP contribution in [-0.2, 0) is 30.3 Å². The molecule has 2 aromatic carbocycles. The number of hydrogen-bond donors (Lipinski definition) is 7. The second-order valence-corrected chi connectivity index (χ2v) is 15.3. The number of H-pyrrole nitrogens is 1. The zero-order valence-corrected chi connectivity index (χ0v) is 32.7. The minimum absolute atomic E-state index is 0.0542. The molecule has 17 heteroatoms. The Bertz CT molecular complexity index is 1930. The summed E-state index contributed by atoms with van der Waals surface area (Å²) in [6.07, 6.45) is -8.62. The SMILES string of the molecule is CCC1OC(OC(C(CCCCC(=O)NCc2ccc(N3CCC(Oc4ccc(C)cc4)CC3)cc2)C(N)=O)C2OC(n3ccc(=O)[nH]c3=O)C(O)C2O)C(O)C1O. The summed E-state index contributed by atoms with van der Waals surface area (Å²) in [4.78, 5) is 54.4. The first kappa shape index (κ1) is 43.0. The smallest absolute Gasteiger partial charge is 0.330 e. The van der Waals surface area contributed by atoms with E-state index in [4.69, 9.17) is 24.7 Å². The summed E-state index contributed by atoms with van der Waals surface area (Å²) in [6.45, 7) is 5.88. The number of hydrogen-bond acceptors (Lipinski definition) is 13. The molecule has 8 N–H and O–H groups in total. The molecule has 17 nitrogen and oxygen atoms in total. The topological polar surface area (TPSA) is 248 Å². The van der Waals surface area contributed by atoms with Crippen molar-refractivity contribution in [1.82, 2.24) is 14.9 Å². The monoisotopic (exact) mass is 809 g/mol. The molecule has 3 saturated heterocycles. The van der Waals surface area contributed by atoms with Crippen molar-refractivity contribution in [3.63, 3.8) is 0 Å². The lowest BCUT2D eigenvalue weighted by Crippen LogP contribution is -2.50. The van der Waals surface area contributed by atoms with Gasteiger partial charge in [0.25, 0.3) is 5.56 Å². The van der Waals surface area contributed by atoms with Crippen LogP contribution in [0.25, 0.3) is 0 Å². The lowest BCUT2D eigenvalue weighted by atomic mass is 9.88. The van der Waals surface area contributed by atoms with E-state index in [1.54, 1.807) is 6.92 Å². The van der Waals surface area contributed by atoms with Crippen LogP contribution in [0.5, 0.6) is 5.75 Å². The summed E-state index contributed by atoms with van der Waals surface area (Å²) in [5.74, 6) is -1.35. The van der Waals surface area contributed by atoms with Crippen LogP contribution >= 0.6 is 0 Å². The van der Waals surface area contributed by atoms with Gasteiger partial charge in [-0.3, -0.25) is 23.9 Å². The normalized spacial score (nSPS) is 27.3. The number of unbranched alkanes of at least 4 members (excludes halogenated alkanes) is 1. The van der Waals surface area contributed by atoms with Crippen molar-refractivity contribution in [2.75, 3.05) is 18.0 Å². The lowest BCUT2D eigenvalue weighted by Gasteiger charge is -2.33. The van der Waals surface area contributed by atoms with Crippen LogP contribution in [0.3, 0.4) is 0 Å². The number of primary amides is 1. The molecule has 3 aliphatic rings. The number of anilines is 1. The fraction of sp³-hybridized carbons (Fsp3) is 0.561. The highest BCUT2D eigenvalue weighted by atomic mass is 16.7. The number of benzene rings is 2. The molecule has 10 atom stereocenters. The maximum Gasteiger partial charge on any atom is 0.330 e. The number of aliphatic hydroxyl groups excluding tert-OH is 4. The van der Waals surface area contributed by atoms with E-state index in [0.717, 1.165) is 59.8 Å². The first-order valence-corrected chi connectivity index (χ1v) is 20.0. The average molecular weight is 810 g/mol. The molecule has 6 rings (SSSR count). The van der Waals surface area contributed by atoms with Crippen molar-refractivity contribution < 1.29 is 49.0 Å². The van der Waals surface area contributed by atoms with E-state index in [9.17, 15) is 39.6 Å². The molecule has 0 aliphatic carbocycles. The highest BCUT2D eigenvalue weighted by molar-refractivity contribution is 5.77. The average Bonchev–Trinajstić information content (AvgIpc) is 3.66. The van der Waals surface area contributed by atoms with Gasteiger partial charge in [-0.15, -0.1) is 0 Å². The number of aliphatic hydroxyl groups is 4. The van der Waals surface area contributed by atoms with Crippen molar-refractivity contribution in [3.05, 3.63) is 92.8 Å². The summed E-state index contributed by atoms with van der Waals surface area (Å²) in [5, 5.41) is 46.2. The number of piperidine rings is 1. The highest BCUT2D eigenvalue weighted by Gasteiger charge is 2.53. The van der Waals surface area contributed by atoms with Gasteiger partial charge >= 0.3 is 5.69 Å². The fourth-order valence-electron chi connectivity index (χ4n) is 7.81. The molecule has 0 radical (unpaired) electrons. The van der Waals surface area contributed by atoms with Crippen LogP contribution in [0.4, 0.5) is 5.69 Å². The van der Waals surface area contributed by atoms with Gasteiger partial charge in [0.1, 0.15) is 48.5 Å². The van der Waals surface area contributed by atoms with Crippen LogP contribution < -0.4 is 31.9 Å². The summed E-state index contributed by atoms with van der Waals surface area (Å²) in [5.41, 5.74) is 7.50. The molecular weight excluding hydrogens is 754 g/mol. The fourth-order valence-corrected chi connectivity index (χ4v) is 7.81. The number of ether oxygens (including phenoxy) is 4. The third-order valence-electron chi connectivity index (χ3n) is 11.2. The van der Waals surface area contributed by atoms with E-state index in [1.807, 2.05) is 36.4 Å². The maximum absolute atomic E-state index is 13.0. The molecule has 3 aromatic rings. The van der Waals surface area contributed by atoms with Gasteiger partial charge in [0.15, 0.2) is 12.5 Å². The van der Waals surface area contributed by atoms with E-state index in [2.05, 4.69) is 34.3 Å². The highest BCUT2D eigenvalue weighted by Crippen LogP contribution is 2.37. The van der Waals surface area contributed by atoms with Gasteiger partial charge in [0.05, 0.1) is 12.0 Å². The Hall–Kier alpha value is -4.62. The molecule has 316 valence electrons. The summed E-state index contributed by atoms with van der Waals surface area (Å²) >= 11 is 0. The molecule has 58 heavy (non-hydrogen) atoms. The van der Waals surface area contributed by atoms with Gasteiger partial charge in [-0.05, 0) is 56.0 Å². The van der Waals surface area contributed by atoms with Crippen LogP contribution in [-0.4, -0.2) is 110 Å². The Morgan fingerprint density at radius 1 is 0.931 bits per heavy atom. The number of aromatic nitrogens is 2. The van der Waals surface area contributed by atoms with E-state index in [0.29, 0.717) is 25.8 Å². The molecule has 3 fully saturated rings.